The molecule has 8 nitrogen and oxygen atoms in total. The van der Waals surface area contributed by atoms with E-state index in [4.69, 9.17) is 21.6 Å². The molecule has 1 saturated heterocycles. The molecule has 0 amide bonds. The van der Waals surface area contributed by atoms with Crippen molar-refractivity contribution in [2.45, 2.75) is 45.1 Å². The third kappa shape index (κ3) is 3.93. The second-order valence-electron chi connectivity index (χ2n) is 6.04. The average molecular weight is 335 g/mol. The Morgan fingerprint density at radius 2 is 2.25 bits per heavy atom. The fourth-order valence-electron chi connectivity index (χ4n) is 2.36. The maximum atomic E-state index is 11.9. The lowest BCUT2D eigenvalue weighted by Crippen LogP contribution is -2.38. The highest BCUT2D eigenvalue weighted by Crippen LogP contribution is 2.27. The van der Waals surface area contributed by atoms with Crippen molar-refractivity contribution in [1.29, 1.82) is 0 Å². The van der Waals surface area contributed by atoms with Gasteiger partial charge in [0.05, 0.1) is 6.10 Å². The van der Waals surface area contributed by atoms with E-state index < -0.39 is 29.5 Å². The SMILES string of the molecule is C#Cc1cn(C2CCC(COC(=O)C(N)C(C)C)O2)c(=O)[nH]c1=O. The van der Waals surface area contributed by atoms with Crippen LogP contribution in [0.2, 0.25) is 0 Å². The van der Waals surface area contributed by atoms with E-state index in [1.807, 2.05) is 13.8 Å². The van der Waals surface area contributed by atoms with Crippen LogP contribution in [0, 0.1) is 18.3 Å². The van der Waals surface area contributed by atoms with Crippen molar-refractivity contribution in [3.63, 3.8) is 0 Å². The van der Waals surface area contributed by atoms with Crippen LogP contribution in [0.5, 0.6) is 0 Å². The summed E-state index contributed by atoms with van der Waals surface area (Å²) >= 11 is 0. The fourth-order valence-corrected chi connectivity index (χ4v) is 2.36. The molecule has 1 aromatic heterocycles. The molecule has 1 aliphatic heterocycles. The number of terminal acetylenes is 1. The number of nitrogens with two attached hydrogens (primary N) is 1. The van der Waals surface area contributed by atoms with Gasteiger partial charge in [0.15, 0.2) is 0 Å². The molecule has 0 aromatic carbocycles. The molecule has 0 bridgehead atoms. The Labute approximate surface area is 139 Å². The second-order valence-corrected chi connectivity index (χ2v) is 6.04. The zero-order valence-corrected chi connectivity index (χ0v) is 13.7. The largest absolute Gasteiger partial charge is 0.462 e. The molecule has 0 spiro atoms. The Bertz CT molecular complexity index is 758. The maximum absolute atomic E-state index is 11.9. The van der Waals surface area contributed by atoms with Crippen molar-refractivity contribution in [2.75, 3.05) is 6.61 Å². The van der Waals surface area contributed by atoms with Crippen molar-refractivity contribution in [1.82, 2.24) is 9.55 Å². The number of ether oxygens (including phenoxy) is 2. The molecule has 0 saturated carbocycles. The first-order valence-corrected chi connectivity index (χ1v) is 7.73. The number of aromatic amines is 1. The first-order chi connectivity index (χ1) is 11.3. The summed E-state index contributed by atoms with van der Waals surface area (Å²) in [5, 5.41) is 0. The van der Waals surface area contributed by atoms with Crippen molar-refractivity contribution < 1.29 is 14.3 Å². The van der Waals surface area contributed by atoms with Gasteiger partial charge in [-0.05, 0) is 18.8 Å². The predicted molar refractivity (Wildman–Crippen MR) is 86.2 cm³/mol. The summed E-state index contributed by atoms with van der Waals surface area (Å²) in [4.78, 5) is 37.3. The van der Waals surface area contributed by atoms with Crippen LogP contribution in [0.25, 0.3) is 0 Å². The zero-order valence-electron chi connectivity index (χ0n) is 13.7. The summed E-state index contributed by atoms with van der Waals surface area (Å²) in [6.07, 6.45) is 6.77. The third-order valence-corrected chi connectivity index (χ3v) is 3.92. The number of carbonyl (C=O) groups is 1. The standard InChI is InChI=1S/C16H21N3O5/c1-4-10-7-19(16(22)18-14(10)20)12-6-5-11(24-12)8-23-15(21)13(17)9(2)3/h1,7,9,11-13H,5-6,8,17H2,2-3H3,(H,18,20,22). The number of nitrogens with zero attached hydrogens (tertiary/aromatic N) is 1. The van der Waals surface area contributed by atoms with Crippen LogP contribution >= 0.6 is 0 Å². The third-order valence-electron chi connectivity index (χ3n) is 3.92. The van der Waals surface area contributed by atoms with Crippen LogP contribution in [-0.2, 0) is 14.3 Å². The summed E-state index contributed by atoms with van der Waals surface area (Å²) in [7, 11) is 0. The molecule has 2 heterocycles. The molecule has 24 heavy (non-hydrogen) atoms. The Hall–Kier alpha value is -2.37. The van der Waals surface area contributed by atoms with Crippen LogP contribution in [-0.4, -0.2) is 34.3 Å². The van der Waals surface area contributed by atoms with Crippen molar-refractivity contribution in [3.8, 4) is 12.3 Å². The van der Waals surface area contributed by atoms with E-state index in [0.717, 1.165) is 0 Å². The summed E-state index contributed by atoms with van der Waals surface area (Å²) in [5.41, 5.74) is 4.57. The van der Waals surface area contributed by atoms with Gasteiger partial charge in [-0.3, -0.25) is 19.1 Å². The smallest absolute Gasteiger partial charge is 0.330 e. The van der Waals surface area contributed by atoms with Crippen LogP contribution in [0.3, 0.4) is 0 Å². The quantitative estimate of drug-likeness (QED) is 0.565. The van der Waals surface area contributed by atoms with Gasteiger partial charge in [-0.25, -0.2) is 4.79 Å². The minimum absolute atomic E-state index is 0.0170. The number of esters is 1. The van der Waals surface area contributed by atoms with Gasteiger partial charge in [0.2, 0.25) is 0 Å². The summed E-state index contributed by atoms with van der Waals surface area (Å²) in [5.74, 6) is 1.72. The molecular weight excluding hydrogens is 314 g/mol. The zero-order chi connectivity index (χ0) is 17.9. The van der Waals surface area contributed by atoms with Crippen molar-refractivity contribution in [2.24, 2.45) is 11.7 Å². The molecule has 0 aliphatic carbocycles. The molecular formula is C16H21N3O5. The van der Waals surface area contributed by atoms with Gasteiger partial charge in [0.1, 0.15) is 24.4 Å². The molecule has 3 atom stereocenters. The van der Waals surface area contributed by atoms with Crippen LogP contribution < -0.4 is 17.0 Å². The number of hydrogen-bond acceptors (Lipinski definition) is 6. The summed E-state index contributed by atoms with van der Waals surface area (Å²) in [6, 6.07) is -0.679. The van der Waals surface area contributed by atoms with E-state index in [9.17, 15) is 14.4 Å². The lowest BCUT2D eigenvalue weighted by atomic mass is 10.1. The molecule has 8 heteroatoms. The number of aromatic nitrogens is 2. The number of H-pyrrole nitrogens is 1. The molecule has 3 unspecified atom stereocenters. The minimum atomic E-state index is -0.679. The molecule has 1 aromatic rings. The molecule has 130 valence electrons. The lowest BCUT2D eigenvalue weighted by molar-refractivity contribution is -0.151. The maximum Gasteiger partial charge on any atom is 0.330 e. The van der Waals surface area contributed by atoms with Crippen LogP contribution in [0.1, 0.15) is 38.5 Å². The Morgan fingerprint density at radius 1 is 1.54 bits per heavy atom. The molecule has 0 radical (unpaired) electrons. The van der Waals surface area contributed by atoms with Gasteiger partial charge < -0.3 is 15.2 Å². The van der Waals surface area contributed by atoms with Gasteiger partial charge in [0.25, 0.3) is 5.56 Å². The number of nitrogens with one attached hydrogen (secondary N) is 1. The highest BCUT2D eigenvalue weighted by Gasteiger charge is 2.29. The number of carbonyl (C=O) groups excluding carboxylic acids is 1. The Kier molecular flexibility index (Phi) is 5.59. The molecule has 2 rings (SSSR count). The van der Waals surface area contributed by atoms with Gasteiger partial charge in [-0.15, -0.1) is 6.42 Å². The molecule has 1 aliphatic rings. The average Bonchev–Trinajstić information content (AvgIpc) is 3.00. The first kappa shape index (κ1) is 18.0. The van der Waals surface area contributed by atoms with E-state index in [1.54, 1.807) is 0 Å². The normalized spacial score (nSPS) is 21.5. The van der Waals surface area contributed by atoms with Gasteiger partial charge in [-0.1, -0.05) is 19.8 Å². The predicted octanol–water partition coefficient (Wildman–Crippen LogP) is -0.278. The van der Waals surface area contributed by atoms with Crippen molar-refractivity contribution in [3.05, 3.63) is 32.6 Å². The summed E-state index contributed by atoms with van der Waals surface area (Å²) < 4.78 is 12.1. The fraction of sp³-hybridized carbons (Fsp3) is 0.562. The van der Waals surface area contributed by atoms with E-state index in [-0.39, 0.29) is 24.2 Å². The van der Waals surface area contributed by atoms with Gasteiger partial charge in [-0.2, -0.15) is 0 Å². The van der Waals surface area contributed by atoms with Gasteiger partial charge >= 0.3 is 11.7 Å². The lowest BCUT2D eigenvalue weighted by Gasteiger charge is -2.18. The van der Waals surface area contributed by atoms with Crippen LogP contribution in [0.15, 0.2) is 15.8 Å². The Morgan fingerprint density at radius 3 is 2.88 bits per heavy atom. The molecule has 1 fully saturated rings. The van der Waals surface area contributed by atoms with Crippen molar-refractivity contribution >= 4 is 5.97 Å². The van der Waals surface area contributed by atoms with Gasteiger partial charge in [0, 0.05) is 6.20 Å². The highest BCUT2D eigenvalue weighted by atomic mass is 16.6. The Balaban J connectivity index is 1.99. The highest BCUT2D eigenvalue weighted by molar-refractivity contribution is 5.75. The molecule has 3 N–H and O–H groups in total. The van der Waals surface area contributed by atoms with E-state index >= 15 is 0 Å². The summed E-state index contributed by atoms with van der Waals surface area (Å²) in [6.45, 7) is 3.73. The monoisotopic (exact) mass is 335 g/mol. The minimum Gasteiger partial charge on any atom is -0.462 e. The van der Waals surface area contributed by atoms with Crippen LogP contribution in [0.4, 0.5) is 0 Å². The topological polar surface area (TPSA) is 116 Å². The van der Waals surface area contributed by atoms with E-state index in [0.29, 0.717) is 12.8 Å². The number of hydrogen-bond donors (Lipinski definition) is 2. The first-order valence-electron chi connectivity index (χ1n) is 7.73. The second kappa shape index (κ2) is 7.47. The van der Waals surface area contributed by atoms with E-state index in [1.165, 1.54) is 10.8 Å². The number of rotatable bonds is 5. The van der Waals surface area contributed by atoms with E-state index in [2.05, 4.69) is 10.9 Å².